The summed E-state index contributed by atoms with van der Waals surface area (Å²) in [7, 11) is -1.41. The smallest absolute Gasteiger partial charge is 0.241 e. The Labute approximate surface area is 87.5 Å². The first-order valence-corrected chi connectivity index (χ1v) is 8.29. The zero-order chi connectivity index (χ0) is 10.6. The van der Waals surface area contributed by atoms with Gasteiger partial charge in [0.25, 0.3) is 0 Å². The van der Waals surface area contributed by atoms with Gasteiger partial charge >= 0.3 is 0 Å². The third-order valence-electron chi connectivity index (χ3n) is 1.72. The van der Waals surface area contributed by atoms with Gasteiger partial charge in [0.15, 0.2) is 0 Å². The van der Waals surface area contributed by atoms with Crippen LogP contribution in [-0.4, -0.2) is 8.32 Å². The lowest BCUT2D eigenvalue weighted by Crippen LogP contribution is -2.21. The van der Waals surface area contributed by atoms with Gasteiger partial charge in [0.1, 0.15) is 0 Å². The van der Waals surface area contributed by atoms with Crippen LogP contribution in [0.2, 0.25) is 19.6 Å². The highest BCUT2D eigenvalue weighted by Crippen LogP contribution is 2.08. The molecule has 0 unspecified atom stereocenters. The summed E-state index contributed by atoms with van der Waals surface area (Å²) >= 11 is 0. The summed E-state index contributed by atoms with van der Waals surface area (Å²) in [6.07, 6.45) is 3.84. The third kappa shape index (κ3) is 4.28. The average molecular weight is 206 g/mol. The second-order valence-corrected chi connectivity index (χ2v) is 8.91. The lowest BCUT2D eigenvalue weighted by atomic mass is 10.1. The fraction of sp³-hybridized carbons (Fsp3) is 0.333. The fourth-order valence-electron chi connectivity index (χ4n) is 1.09. The Balaban J connectivity index is 2.61. The summed E-state index contributed by atoms with van der Waals surface area (Å²) in [5.74, 6) is 0. The van der Waals surface area contributed by atoms with Crippen molar-refractivity contribution in [3.8, 4) is 0 Å². The van der Waals surface area contributed by atoms with Gasteiger partial charge in [-0.25, -0.2) is 0 Å². The van der Waals surface area contributed by atoms with Gasteiger partial charge in [-0.15, -0.1) is 0 Å². The molecule has 14 heavy (non-hydrogen) atoms. The molecule has 0 amide bonds. The van der Waals surface area contributed by atoms with Crippen molar-refractivity contribution in [3.63, 3.8) is 0 Å². The fourth-order valence-corrected chi connectivity index (χ4v) is 1.57. The molecule has 0 heterocycles. The van der Waals surface area contributed by atoms with Crippen molar-refractivity contribution >= 4 is 14.4 Å². The minimum absolute atomic E-state index is 1.20. The van der Waals surface area contributed by atoms with E-state index in [1.165, 1.54) is 11.1 Å². The molecule has 0 saturated heterocycles. The molecule has 0 atom stereocenters. The largest absolute Gasteiger partial charge is 0.550 e. The maximum Gasteiger partial charge on any atom is 0.241 e. The SMILES string of the molecule is Cc1cccc(/C=C\O[Si](C)(C)C)c1. The Morgan fingerprint density at radius 2 is 1.93 bits per heavy atom. The molecular weight excluding hydrogens is 188 g/mol. The van der Waals surface area contributed by atoms with Gasteiger partial charge < -0.3 is 4.43 Å². The van der Waals surface area contributed by atoms with E-state index in [4.69, 9.17) is 4.43 Å². The van der Waals surface area contributed by atoms with Crippen LogP contribution in [0.5, 0.6) is 0 Å². The molecule has 1 rings (SSSR count). The minimum Gasteiger partial charge on any atom is -0.550 e. The summed E-state index contributed by atoms with van der Waals surface area (Å²) in [4.78, 5) is 0. The van der Waals surface area contributed by atoms with E-state index < -0.39 is 8.32 Å². The van der Waals surface area contributed by atoms with Gasteiger partial charge in [-0.2, -0.15) is 0 Å². The zero-order valence-corrected chi connectivity index (χ0v) is 10.4. The standard InChI is InChI=1S/C12H18OSi/c1-11-6-5-7-12(10-11)8-9-13-14(2,3)4/h5-10H,1-4H3/b9-8-. The maximum atomic E-state index is 5.63. The predicted molar refractivity (Wildman–Crippen MR) is 64.6 cm³/mol. The molecule has 0 spiro atoms. The molecule has 0 aromatic heterocycles. The Hall–Kier alpha value is -1.02. The van der Waals surface area contributed by atoms with Crippen LogP contribution in [0.3, 0.4) is 0 Å². The Morgan fingerprint density at radius 3 is 2.50 bits per heavy atom. The van der Waals surface area contributed by atoms with Crippen LogP contribution in [-0.2, 0) is 4.43 Å². The molecule has 76 valence electrons. The van der Waals surface area contributed by atoms with Gasteiger partial charge in [-0.3, -0.25) is 0 Å². The van der Waals surface area contributed by atoms with Crippen LogP contribution in [0.25, 0.3) is 6.08 Å². The topological polar surface area (TPSA) is 9.23 Å². The second-order valence-electron chi connectivity index (χ2n) is 4.45. The van der Waals surface area contributed by atoms with Gasteiger partial charge in [-0.05, 0) is 38.2 Å². The first-order valence-electron chi connectivity index (χ1n) is 4.88. The van der Waals surface area contributed by atoms with E-state index in [1.54, 1.807) is 0 Å². The summed E-state index contributed by atoms with van der Waals surface area (Å²) in [5, 5.41) is 0. The van der Waals surface area contributed by atoms with Crippen molar-refractivity contribution in [2.24, 2.45) is 0 Å². The summed E-state index contributed by atoms with van der Waals surface area (Å²) < 4.78 is 5.63. The average Bonchev–Trinajstić information content (AvgIpc) is 2.01. The molecule has 1 aromatic carbocycles. The molecule has 0 radical (unpaired) electrons. The summed E-state index contributed by atoms with van der Waals surface area (Å²) in [6.45, 7) is 8.62. The van der Waals surface area contributed by atoms with Crippen molar-refractivity contribution in [2.45, 2.75) is 26.6 Å². The van der Waals surface area contributed by atoms with Gasteiger partial charge in [0, 0.05) is 0 Å². The van der Waals surface area contributed by atoms with Crippen molar-refractivity contribution in [1.29, 1.82) is 0 Å². The van der Waals surface area contributed by atoms with E-state index in [0.717, 1.165) is 0 Å². The van der Waals surface area contributed by atoms with Crippen molar-refractivity contribution < 1.29 is 4.43 Å². The van der Waals surface area contributed by atoms with E-state index in [0.29, 0.717) is 0 Å². The highest BCUT2D eigenvalue weighted by Gasteiger charge is 2.12. The number of hydrogen-bond acceptors (Lipinski definition) is 1. The Kier molecular flexibility index (Phi) is 3.53. The first-order chi connectivity index (χ1) is 6.47. The summed E-state index contributed by atoms with van der Waals surface area (Å²) in [5.41, 5.74) is 2.48. The van der Waals surface area contributed by atoms with Gasteiger partial charge in [-0.1, -0.05) is 29.8 Å². The lowest BCUT2D eigenvalue weighted by Gasteiger charge is -2.14. The number of hydrogen-bond donors (Lipinski definition) is 0. The highest BCUT2D eigenvalue weighted by molar-refractivity contribution is 6.69. The molecule has 0 aliphatic rings. The van der Waals surface area contributed by atoms with Gasteiger partial charge in [0.2, 0.25) is 8.32 Å². The molecule has 0 N–H and O–H groups in total. The number of rotatable bonds is 3. The molecular formula is C12H18OSi. The van der Waals surface area contributed by atoms with E-state index in [2.05, 4.69) is 50.8 Å². The van der Waals surface area contributed by atoms with E-state index >= 15 is 0 Å². The monoisotopic (exact) mass is 206 g/mol. The van der Waals surface area contributed by atoms with Crippen LogP contribution in [0.15, 0.2) is 30.5 Å². The minimum atomic E-state index is -1.41. The summed E-state index contributed by atoms with van der Waals surface area (Å²) in [6, 6.07) is 8.38. The normalized spacial score (nSPS) is 12.0. The lowest BCUT2D eigenvalue weighted by molar-refractivity contribution is 0.483. The second kappa shape index (κ2) is 4.47. The van der Waals surface area contributed by atoms with Crippen LogP contribution in [0, 0.1) is 6.92 Å². The van der Waals surface area contributed by atoms with Crippen molar-refractivity contribution in [1.82, 2.24) is 0 Å². The number of benzene rings is 1. The molecule has 2 heteroatoms. The molecule has 1 nitrogen and oxygen atoms in total. The zero-order valence-electron chi connectivity index (χ0n) is 9.37. The Morgan fingerprint density at radius 1 is 1.21 bits per heavy atom. The molecule has 0 bridgehead atoms. The van der Waals surface area contributed by atoms with Crippen LogP contribution >= 0.6 is 0 Å². The molecule has 0 saturated carbocycles. The van der Waals surface area contributed by atoms with Crippen LogP contribution in [0.4, 0.5) is 0 Å². The highest BCUT2D eigenvalue weighted by atomic mass is 28.4. The molecule has 0 fully saturated rings. The van der Waals surface area contributed by atoms with Crippen molar-refractivity contribution in [3.05, 3.63) is 41.7 Å². The molecule has 0 aliphatic carbocycles. The van der Waals surface area contributed by atoms with Crippen LogP contribution in [0.1, 0.15) is 11.1 Å². The van der Waals surface area contributed by atoms with E-state index in [-0.39, 0.29) is 0 Å². The van der Waals surface area contributed by atoms with E-state index in [9.17, 15) is 0 Å². The quantitative estimate of drug-likeness (QED) is 0.539. The van der Waals surface area contributed by atoms with Crippen LogP contribution < -0.4 is 0 Å². The molecule has 1 aromatic rings. The maximum absolute atomic E-state index is 5.63. The Bertz CT molecular complexity index is 323. The predicted octanol–water partition coefficient (Wildman–Crippen LogP) is 3.82. The number of aryl methyl sites for hydroxylation is 1. The third-order valence-corrected chi connectivity index (χ3v) is 2.57. The first kappa shape index (κ1) is 11.1. The van der Waals surface area contributed by atoms with E-state index in [1.807, 2.05) is 12.3 Å². The van der Waals surface area contributed by atoms with Crippen molar-refractivity contribution in [2.75, 3.05) is 0 Å². The van der Waals surface area contributed by atoms with Gasteiger partial charge in [0.05, 0.1) is 6.26 Å². The molecule has 0 aliphatic heterocycles.